The minimum Gasteiger partial charge on any atom is -0.478 e. The molecule has 1 fully saturated rings. The van der Waals surface area contributed by atoms with Crippen molar-refractivity contribution in [2.45, 2.75) is 18.9 Å². The van der Waals surface area contributed by atoms with E-state index in [1.807, 2.05) is 0 Å². The molecule has 0 aromatic carbocycles. The maximum absolute atomic E-state index is 12.2. The fraction of sp³-hybridized carbons (Fsp3) is 0.312. The topological polar surface area (TPSA) is 113 Å². The molecule has 2 aromatic rings. The van der Waals surface area contributed by atoms with Gasteiger partial charge < -0.3 is 24.2 Å². The van der Waals surface area contributed by atoms with E-state index >= 15 is 0 Å². The summed E-state index contributed by atoms with van der Waals surface area (Å²) in [5.74, 6) is -1.74. The lowest BCUT2D eigenvalue weighted by Gasteiger charge is -2.32. The molecule has 2 aromatic heterocycles. The molecule has 0 spiro atoms. The summed E-state index contributed by atoms with van der Waals surface area (Å²) in [5, 5.41) is 11.6. The average molecular weight is 332 g/mol. The molecular weight excluding hydrogens is 316 g/mol. The maximum Gasteiger partial charge on any atom is 0.338 e. The molecule has 2 N–H and O–H groups in total. The van der Waals surface area contributed by atoms with E-state index in [1.54, 1.807) is 11.0 Å². The van der Waals surface area contributed by atoms with Gasteiger partial charge in [0.15, 0.2) is 5.76 Å². The van der Waals surface area contributed by atoms with Crippen LogP contribution in [0.4, 0.5) is 0 Å². The van der Waals surface area contributed by atoms with Crippen LogP contribution in [-0.4, -0.2) is 46.9 Å². The highest BCUT2D eigenvalue weighted by Crippen LogP contribution is 2.15. The molecule has 1 aliphatic rings. The quantitative estimate of drug-likeness (QED) is 0.879. The molecule has 2 amide bonds. The number of carbonyl (C=O) groups is 3. The Morgan fingerprint density at radius 1 is 1.17 bits per heavy atom. The van der Waals surface area contributed by atoms with Crippen LogP contribution < -0.4 is 5.32 Å². The van der Waals surface area contributed by atoms with Gasteiger partial charge in [0.05, 0.1) is 17.4 Å². The van der Waals surface area contributed by atoms with E-state index < -0.39 is 11.9 Å². The first-order chi connectivity index (χ1) is 11.5. The second-order valence-corrected chi connectivity index (χ2v) is 5.56. The van der Waals surface area contributed by atoms with Crippen LogP contribution in [0, 0.1) is 0 Å². The van der Waals surface area contributed by atoms with Crippen molar-refractivity contribution in [1.29, 1.82) is 0 Å². The molecule has 3 heterocycles. The van der Waals surface area contributed by atoms with Crippen LogP contribution in [0.2, 0.25) is 0 Å². The fourth-order valence-electron chi connectivity index (χ4n) is 2.62. The molecule has 1 aliphatic heterocycles. The molecule has 8 heteroatoms. The van der Waals surface area contributed by atoms with Crippen molar-refractivity contribution >= 4 is 17.8 Å². The highest BCUT2D eigenvalue weighted by molar-refractivity contribution is 5.96. The number of hydrogen-bond acceptors (Lipinski definition) is 5. The smallest absolute Gasteiger partial charge is 0.338 e. The van der Waals surface area contributed by atoms with Crippen molar-refractivity contribution in [1.82, 2.24) is 10.2 Å². The summed E-state index contributed by atoms with van der Waals surface area (Å²) in [4.78, 5) is 36.7. The van der Waals surface area contributed by atoms with Gasteiger partial charge in [0, 0.05) is 25.2 Å². The number of amides is 2. The monoisotopic (exact) mass is 332 g/mol. The molecule has 0 atom stereocenters. The molecule has 0 aliphatic carbocycles. The van der Waals surface area contributed by atoms with Crippen LogP contribution in [-0.2, 0) is 0 Å². The van der Waals surface area contributed by atoms with E-state index in [0.29, 0.717) is 31.5 Å². The number of aromatic carboxylic acids is 1. The van der Waals surface area contributed by atoms with Gasteiger partial charge in [-0.2, -0.15) is 0 Å². The Bertz CT molecular complexity index is 740. The number of carbonyl (C=O) groups excluding carboxylic acids is 2. The number of hydrogen-bond donors (Lipinski definition) is 2. The number of rotatable bonds is 4. The molecule has 3 rings (SSSR count). The van der Waals surface area contributed by atoms with Gasteiger partial charge in [-0.3, -0.25) is 9.59 Å². The first kappa shape index (κ1) is 15.9. The Labute approximate surface area is 137 Å². The van der Waals surface area contributed by atoms with Crippen molar-refractivity contribution in [3.63, 3.8) is 0 Å². The van der Waals surface area contributed by atoms with Crippen LogP contribution in [0.5, 0.6) is 0 Å². The number of nitrogens with zero attached hydrogens (tertiary/aromatic N) is 1. The third-order valence-corrected chi connectivity index (χ3v) is 3.96. The molecule has 0 bridgehead atoms. The van der Waals surface area contributed by atoms with Gasteiger partial charge in [0.1, 0.15) is 12.5 Å². The van der Waals surface area contributed by atoms with E-state index in [0.717, 1.165) is 6.26 Å². The summed E-state index contributed by atoms with van der Waals surface area (Å²) in [6.45, 7) is 1.04. The number of carboxylic acid groups (broad SMARTS) is 1. The van der Waals surface area contributed by atoms with Crippen LogP contribution in [0.3, 0.4) is 0 Å². The summed E-state index contributed by atoms with van der Waals surface area (Å²) in [6, 6.07) is 2.71. The Morgan fingerprint density at radius 3 is 2.50 bits per heavy atom. The van der Waals surface area contributed by atoms with Crippen molar-refractivity contribution in [2.75, 3.05) is 13.1 Å². The van der Waals surface area contributed by atoms with Gasteiger partial charge in [0.25, 0.3) is 11.8 Å². The molecule has 24 heavy (non-hydrogen) atoms. The predicted octanol–water partition coefficient (Wildman–Crippen LogP) is 1.61. The lowest BCUT2D eigenvalue weighted by atomic mass is 10.0. The normalized spacial score (nSPS) is 15.2. The summed E-state index contributed by atoms with van der Waals surface area (Å²) < 4.78 is 9.88. The van der Waals surface area contributed by atoms with E-state index in [9.17, 15) is 14.4 Å². The minimum atomic E-state index is -1.15. The van der Waals surface area contributed by atoms with Crippen LogP contribution in [0.15, 0.2) is 39.8 Å². The minimum absolute atomic E-state index is 0.0377. The molecule has 0 saturated carbocycles. The molecule has 0 radical (unpaired) electrons. The third-order valence-electron chi connectivity index (χ3n) is 3.96. The molecule has 126 valence electrons. The second-order valence-electron chi connectivity index (χ2n) is 5.56. The second kappa shape index (κ2) is 6.61. The Balaban J connectivity index is 1.52. The molecule has 8 nitrogen and oxygen atoms in total. The maximum atomic E-state index is 12.2. The van der Waals surface area contributed by atoms with Crippen LogP contribution in [0.1, 0.15) is 44.1 Å². The van der Waals surface area contributed by atoms with E-state index in [1.165, 1.54) is 18.6 Å². The Hall–Kier alpha value is -3.03. The zero-order valence-electron chi connectivity index (χ0n) is 12.7. The van der Waals surface area contributed by atoms with E-state index in [2.05, 4.69) is 5.32 Å². The van der Waals surface area contributed by atoms with Crippen molar-refractivity contribution in [3.8, 4) is 0 Å². The molecule has 1 saturated heterocycles. The largest absolute Gasteiger partial charge is 0.478 e. The lowest BCUT2D eigenvalue weighted by Crippen LogP contribution is -2.46. The van der Waals surface area contributed by atoms with Crippen LogP contribution in [0.25, 0.3) is 0 Å². The lowest BCUT2D eigenvalue weighted by molar-refractivity contribution is 0.0684. The average Bonchev–Trinajstić information content (AvgIpc) is 3.26. The molecule has 0 unspecified atom stereocenters. The summed E-state index contributed by atoms with van der Waals surface area (Å²) >= 11 is 0. The first-order valence-electron chi connectivity index (χ1n) is 7.49. The number of furan rings is 2. The van der Waals surface area contributed by atoms with Gasteiger partial charge in [-0.05, 0) is 18.9 Å². The van der Waals surface area contributed by atoms with Crippen molar-refractivity contribution in [3.05, 3.63) is 47.8 Å². The van der Waals surface area contributed by atoms with E-state index in [-0.39, 0.29) is 23.3 Å². The standard InChI is InChI=1S/C16H16N2O6/c19-14(13-7-11(9-24-13)16(21)22)17-12-1-4-18(5-2-12)15(20)10-3-6-23-8-10/h3,6-9,12H,1-2,4-5H2,(H,17,19)(H,21,22). The Kier molecular flexibility index (Phi) is 4.37. The highest BCUT2D eigenvalue weighted by Gasteiger charge is 2.26. The third kappa shape index (κ3) is 3.32. The van der Waals surface area contributed by atoms with Gasteiger partial charge in [-0.1, -0.05) is 0 Å². The number of nitrogens with one attached hydrogen (secondary N) is 1. The van der Waals surface area contributed by atoms with Crippen molar-refractivity contribution in [2.24, 2.45) is 0 Å². The number of carboxylic acids is 1. The highest BCUT2D eigenvalue weighted by atomic mass is 16.4. The first-order valence-corrected chi connectivity index (χ1v) is 7.49. The van der Waals surface area contributed by atoms with Crippen molar-refractivity contribution < 1.29 is 28.3 Å². The van der Waals surface area contributed by atoms with E-state index in [4.69, 9.17) is 13.9 Å². The van der Waals surface area contributed by atoms with Gasteiger partial charge in [-0.25, -0.2) is 4.79 Å². The number of likely N-dealkylation sites (tertiary alicyclic amines) is 1. The summed E-state index contributed by atoms with van der Waals surface area (Å²) in [6.07, 6.45) is 5.12. The SMILES string of the molecule is O=C(O)c1coc(C(=O)NC2CCN(C(=O)c3ccoc3)CC2)c1. The summed E-state index contributed by atoms with van der Waals surface area (Å²) in [7, 11) is 0. The zero-order valence-corrected chi connectivity index (χ0v) is 12.7. The zero-order chi connectivity index (χ0) is 17.1. The van der Waals surface area contributed by atoms with Crippen LogP contribution >= 0.6 is 0 Å². The Morgan fingerprint density at radius 2 is 1.92 bits per heavy atom. The predicted molar refractivity (Wildman–Crippen MR) is 80.8 cm³/mol. The fourth-order valence-corrected chi connectivity index (χ4v) is 2.62. The van der Waals surface area contributed by atoms with Gasteiger partial charge in [-0.15, -0.1) is 0 Å². The number of piperidine rings is 1. The summed E-state index contributed by atoms with van der Waals surface area (Å²) in [5.41, 5.74) is 0.440. The van der Waals surface area contributed by atoms with Gasteiger partial charge in [0.2, 0.25) is 0 Å². The molecular formula is C16H16N2O6. The van der Waals surface area contributed by atoms with Gasteiger partial charge >= 0.3 is 5.97 Å².